The van der Waals surface area contributed by atoms with Gasteiger partial charge in [-0.15, -0.1) is 0 Å². The molecular formula is C16H12O2. The topological polar surface area (TPSA) is 30.2 Å². The predicted octanol–water partition coefficient (Wildman–Crippen LogP) is 3.77. The molecule has 0 radical (unpaired) electrons. The summed E-state index contributed by atoms with van der Waals surface area (Å²) in [5, 5.41) is 1.55. The smallest absolute Gasteiger partial charge is 0.343 e. The van der Waals surface area contributed by atoms with Crippen LogP contribution in [0.3, 0.4) is 0 Å². The minimum Gasteiger partial charge on any atom is -0.430 e. The van der Waals surface area contributed by atoms with Gasteiger partial charge in [0.05, 0.1) is 5.39 Å². The highest BCUT2D eigenvalue weighted by molar-refractivity contribution is 5.95. The Hall–Kier alpha value is -2.35. The Morgan fingerprint density at radius 1 is 0.889 bits per heavy atom. The van der Waals surface area contributed by atoms with E-state index in [0.717, 1.165) is 16.5 Å². The molecule has 0 spiro atoms. The number of hydrogen-bond donors (Lipinski definition) is 0. The molecule has 0 amide bonds. The quantitative estimate of drug-likeness (QED) is 0.643. The maximum Gasteiger partial charge on any atom is 0.343 e. The molecule has 2 nitrogen and oxygen atoms in total. The molecule has 18 heavy (non-hydrogen) atoms. The van der Waals surface area contributed by atoms with Gasteiger partial charge in [-0.25, -0.2) is 4.79 Å². The highest BCUT2D eigenvalue weighted by Gasteiger charge is 2.07. The van der Waals surface area contributed by atoms with Crippen molar-refractivity contribution in [3.8, 4) is 11.1 Å². The largest absolute Gasteiger partial charge is 0.430 e. The summed E-state index contributed by atoms with van der Waals surface area (Å²) in [6.45, 7) is 2.05. The van der Waals surface area contributed by atoms with Crippen LogP contribution in [0.4, 0.5) is 0 Å². The standard InChI is InChI=1S/C16H12O2/c1-11-6-8-12(9-7-11)15-10-18-16(17)14-5-3-2-4-13(14)15/h2-10H,1H3. The van der Waals surface area contributed by atoms with Gasteiger partial charge in [0.1, 0.15) is 6.26 Å². The number of fused-ring (bicyclic) bond motifs is 1. The van der Waals surface area contributed by atoms with Crippen LogP contribution in [-0.2, 0) is 0 Å². The van der Waals surface area contributed by atoms with Crippen molar-refractivity contribution in [1.29, 1.82) is 0 Å². The Bertz CT molecular complexity index is 752. The zero-order valence-corrected chi connectivity index (χ0v) is 10.0. The van der Waals surface area contributed by atoms with E-state index >= 15 is 0 Å². The molecule has 0 aliphatic heterocycles. The maximum atomic E-state index is 11.6. The molecule has 0 aliphatic carbocycles. The van der Waals surface area contributed by atoms with Gasteiger partial charge in [0.15, 0.2) is 0 Å². The molecule has 3 rings (SSSR count). The van der Waals surface area contributed by atoms with Crippen LogP contribution in [-0.4, -0.2) is 0 Å². The third-order valence-corrected chi connectivity index (χ3v) is 3.08. The Labute approximate surface area is 105 Å². The monoisotopic (exact) mass is 236 g/mol. The lowest BCUT2D eigenvalue weighted by atomic mass is 10.0. The average molecular weight is 236 g/mol. The van der Waals surface area contributed by atoms with Crippen LogP contribution in [0.25, 0.3) is 21.9 Å². The minimum absolute atomic E-state index is 0.290. The van der Waals surface area contributed by atoms with Crippen LogP contribution in [0.1, 0.15) is 5.56 Å². The second-order valence-corrected chi connectivity index (χ2v) is 4.35. The summed E-state index contributed by atoms with van der Waals surface area (Å²) < 4.78 is 5.10. The first-order valence-corrected chi connectivity index (χ1v) is 5.83. The van der Waals surface area contributed by atoms with Gasteiger partial charge in [-0.05, 0) is 23.9 Å². The number of benzene rings is 2. The number of hydrogen-bond acceptors (Lipinski definition) is 2. The minimum atomic E-state index is -0.290. The molecule has 0 saturated carbocycles. The lowest BCUT2D eigenvalue weighted by Gasteiger charge is -2.05. The van der Waals surface area contributed by atoms with Gasteiger partial charge in [-0.3, -0.25) is 0 Å². The SMILES string of the molecule is Cc1ccc(-c2coc(=O)c3ccccc23)cc1. The Balaban J connectivity index is 2.33. The zero-order chi connectivity index (χ0) is 12.5. The average Bonchev–Trinajstić information content (AvgIpc) is 2.41. The Kier molecular flexibility index (Phi) is 2.49. The van der Waals surface area contributed by atoms with Gasteiger partial charge in [-0.2, -0.15) is 0 Å². The van der Waals surface area contributed by atoms with Gasteiger partial charge >= 0.3 is 5.63 Å². The van der Waals surface area contributed by atoms with Gasteiger partial charge < -0.3 is 4.42 Å². The van der Waals surface area contributed by atoms with Crippen molar-refractivity contribution in [3.63, 3.8) is 0 Å². The first-order chi connectivity index (χ1) is 8.75. The van der Waals surface area contributed by atoms with Crippen molar-refractivity contribution in [2.45, 2.75) is 6.92 Å². The zero-order valence-electron chi connectivity index (χ0n) is 10.0. The molecule has 0 saturated heterocycles. The van der Waals surface area contributed by atoms with E-state index in [1.807, 2.05) is 37.3 Å². The van der Waals surface area contributed by atoms with E-state index in [2.05, 4.69) is 12.1 Å². The fraction of sp³-hybridized carbons (Fsp3) is 0.0625. The van der Waals surface area contributed by atoms with E-state index in [9.17, 15) is 4.79 Å². The molecule has 3 aromatic rings. The van der Waals surface area contributed by atoms with Gasteiger partial charge in [0.2, 0.25) is 0 Å². The molecular weight excluding hydrogens is 224 g/mol. The van der Waals surface area contributed by atoms with E-state index in [4.69, 9.17) is 4.42 Å². The predicted molar refractivity (Wildman–Crippen MR) is 72.7 cm³/mol. The molecule has 1 heterocycles. The Morgan fingerprint density at radius 3 is 2.28 bits per heavy atom. The number of rotatable bonds is 1. The van der Waals surface area contributed by atoms with Crippen molar-refractivity contribution < 1.29 is 4.42 Å². The summed E-state index contributed by atoms with van der Waals surface area (Å²) in [6, 6.07) is 15.7. The van der Waals surface area contributed by atoms with Crippen LogP contribution in [0.15, 0.2) is 64.0 Å². The summed E-state index contributed by atoms with van der Waals surface area (Å²) in [7, 11) is 0. The van der Waals surface area contributed by atoms with Crippen LogP contribution in [0, 0.1) is 6.92 Å². The van der Waals surface area contributed by atoms with E-state index in [0.29, 0.717) is 5.39 Å². The molecule has 88 valence electrons. The molecule has 0 aliphatic rings. The second kappa shape index (κ2) is 4.15. The summed E-state index contributed by atoms with van der Waals surface area (Å²) in [6.07, 6.45) is 1.54. The van der Waals surface area contributed by atoms with E-state index in [1.54, 1.807) is 6.07 Å². The molecule has 2 heteroatoms. The number of aryl methyl sites for hydroxylation is 1. The fourth-order valence-electron chi connectivity index (χ4n) is 2.09. The van der Waals surface area contributed by atoms with Crippen LogP contribution >= 0.6 is 0 Å². The van der Waals surface area contributed by atoms with Crippen molar-refractivity contribution in [2.24, 2.45) is 0 Å². The lowest BCUT2D eigenvalue weighted by Crippen LogP contribution is -1.99. The maximum absolute atomic E-state index is 11.6. The normalized spacial score (nSPS) is 10.7. The summed E-state index contributed by atoms with van der Waals surface area (Å²) >= 11 is 0. The summed E-state index contributed by atoms with van der Waals surface area (Å²) in [4.78, 5) is 11.6. The molecule has 0 fully saturated rings. The molecule has 0 unspecified atom stereocenters. The summed E-state index contributed by atoms with van der Waals surface area (Å²) in [5.74, 6) is 0. The third-order valence-electron chi connectivity index (χ3n) is 3.08. The molecule has 0 bridgehead atoms. The first-order valence-electron chi connectivity index (χ1n) is 5.83. The third kappa shape index (κ3) is 1.72. The van der Waals surface area contributed by atoms with Crippen LogP contribution < -0.4 is 5.63 Å². The van der Waals surface area contributed by atoms with Gasteiger partial charge in [0, 0.05) is 5.56 Å². The van der Waals surface area contributed by atoms with Gasteiger partial charge in [0.25, 0.3) is 0 Å². The van der Waals surface area contributed by atoms with Crippen molar-refractivity contribution >= 4 is 10.8 Å². The van der Waals surface area contributed by atoms with Crippen molar-refractivity contribution in [2.75, 3.05) is 0 Å². The first kappa shape index (κ1) is 10.8. The highest BCUT2D eigenvalue weighted by atomic mass is 16.4. The molecule has 2 aromatic carbocycles. The highest BCUT2D eigenvalue weighted by Crippen LogP contribution is 2.26. The van der Waals surface area contributed by atoms with Crippen LogP contribution in [0.2, 0.25) is 0 Å². The van der Waals surface area contributed by atoms with E-state index in [1.165, 1.54) is 11.8 Å². The van der Waals surface area contributed by atoms with Crippen molar-refractivity contribution in [3.05, 3.63) is 70.8 Å². The van der Waals surface area contributed by atoms with E-state index < -0.39 is 0 Å². The molecule has 1 aromatic heterocycles. The van der Waals surface area contributed by atoms with Crippen LogP contribution in [0.5, 0.6) is 0 Å². The fourth-order valence-corrected chi connectivity index (χ4v) is 2.09. The Morgan fingerprint density at radius 2 is 1.56 bits per heavy atom. The van der Waals surface area contributed by atoms with Crippen molar-refractivity contribution in [1.82, 2.24) is 0 Å². The lowest BCUT2D eigenvalue weighted by molar-refractivity contribution is 0.521. The van der Waals surface area contributed by atoms with Gasteiger partial charge in [-0.1, -0.05) is 48.0 Å². The summed E-state index contributed by atoms with van der Waals surface area (Å²) in [5.41, 5.74) is 2.92. The van der Waals surface area contributed by atoms with E-state index in [-0.39, 0.29) is 5.63 Å². The second-order valence-electron chi connectivity index (χ2n) is 4.35. The molecule has 0 N–H and O–H groups in total. The molecule has 0 atom stereocenters.